The molecule has 0 aliphatic carbocycles. The van der Waals surface area contributed by atoms with Gasteiger partial charge >= 0.3 is 30.5 Å². The molecule has 1 unspecified atom stereocenters. The number of aliphatic hydroxyl groups is 1. The number of hydrogen-bond acceptors (Lipinski definition) is 6. The van der Waals surface area contributed by atoms with Crippen LogP contribution < -0.4 is 0 Å². The number of hydrogen-bond donors (Lipinski definition) is 1. The Morgan fingerprint density at radius 1 is 0.417 bits per heavy atom. The van der Waals surface area contributed by atoms with Crippen LogP contribution in [-0.4, -0.2) is 79.4 Å². The van der Waals surface area contributed by atoms with E-state index >= 15 is 0 Å². The Bertz CT molecular complexity index is 996. The van der Waals surface area contributed by atoms with E-state index in [1.807, 2.05) is 0 Å². The topological polar surface area (TPSA) is 76.1 Å². The van der Waals surface area contributed by atoms with Gasteiger partial charge in [0, 0.05) is 38.7 Å². The summed E-state index contributed by atoms with van der Waals surface area (Å²) in [5.74, 6) is -0.493. The average molecular weight is 886 g/mol. The Balaban J connectivity index is 4.27. The quantitative estimate of drug-likeness (QED) is 0.0374. The van der Waals surface area contributed by atoms with Gasteiger partial charge in [0.2, 0.25) is 0 Å². The summed E-state index contributed by atoms with van der Waals surface area (Å²) in [4.78, 5) is 27.2. The second-order valence-corrected chi connectivity index (χ2v) is 16.6. The Morgan fingerprint density at radius 2 is 0.750 bits per heavy atom. The molecule has 60 heavy (non-hydrogen) atoms. The van der Waals surface area contributed by atoms with Gasteiger partial charge < -0.3 is 19.5 Å². The molecule has 0 amide bonds. The number of carbonyl (C=O) groups is 2. The predicted molar refractivity (Wildman–Crippen MR) is 220 cm³/mol. The van der Waals surface area contributed by atoms with Crippen LogP contribution in [0.25, 0.3) is 0 Å². The van der Waals surface area contributed by atoms with Crippen molar-refractivity contribution in [3.63, 3.8) is 0 Å². The highest BCUT2D eigenvalue weighted by atomic mass is 19.4. The molecule has 1 N–H and O–H groups in total. The summed E-state index contributed by atoms with van der Waals surface area (Å²) in [7, 11) is 0. The Morgan fingerprint density at radius 3 is 1.20 bits per heavy atom. The van der Waals surface area contributed by atoms with Gasteiger partial charge in [0.25, 0.3) is 0 Å². The summed E-state index contributed by atoms with van der Waals surface area (Å²) in [6.07, 6.45) is 6.36. The zero-order valence-electron chi connectivity index (χ0n) is 36.6. The van der Waals surface area contributed by atoms with E-state index in [9.17, 15) is 49.1 Å². The maximum atomic E-state index is 12.6. The number of halogens is 9. The highest BCUT2D eigenvalue weighted by Crippen LogP contribution is 2.26. The van der Waals surface area contributed by atoms with E-state index in [0.717, 1.165) is 122 Å². The molecule has 0 heterocycles. The van der Waals surface area contributed by atoms with Gasteiger partial charge in [0.15, 0.2) is 0 Å². The third-order valence-electron chi connectivity index (χ3n) is 10.7. The van der Waals surface area contributed by atoms with Gasteiger partial charge in [-0.15, -0.1) is 0 Å². The van der Waals surface area contributed by atoms with E-state index in [1.165, 1.54) is 0 Å². The molecule has 0 aromatic heterocycles. The van der Waals surface area contributed by atoms with Crippen LogP contribution in [0.4, 0.5) is 39.5 Å². The van der Waals surface area contributed by atoms with Crippen LogP contribution in [0.1, 0.15) is 218 Å². The van der Waals surface area contributed by atoms with E-state index in [2.05, 4.69) is 4.90 Å². The van der Waals surface area contributed by atoms with Crippen LogP contribution >= 0.6 is 0 Å². The first kappa shape index (κ1) is 58.2. The van der Waals surface area contributed by atoms with Crippen molar-refractivity contribution in [2.45, 2.75) is 243 Å². The van der Waals surface area contributed by atoms with Crippen molar-refractivity contribution >= 4 is 11.9 Å². The summed E-state index contributed by atoms with van der Waals surface area (Å²) in [5, 5.41) is 9.15. The Labute approximate surface area is 355 Å². The standard InChI is InChI=1S/C45H80F9NO5/c46-43(47,48)32-20-9-3-1-2-4-12-27-39-59-41(57)30-19-14-24-36-55(37-25-15-26-38-56)35-23-11-6-8-18-31-42(58)60-40(29-17-13-22-34-45(52,53)54)28-16-7-5-10-21-33-44(49,50)51/h40,56H,1-39H2. The van der Waals surface area contributed by atoms with Gasteiger partial charge in [-0.3, -0.25) is 9.59 Å². The molecule has 6 nitrogen and oxygen atoms in total. The second kappa shape index (κ2) is 37.8. The molecule has 0 fully saturated rings. The third kappa shape index (κ3) is 45.7. The number of alkyl halides is 9. The lowest BCUT2D eigenvalue weighted by atomic mass is 10.0. The van der Waals surface area contributed by atoms with Crippen LogP contribution in [0.2, 0.25) is 0 Å². The summed E-state index contributed by atoms with van der Waals surface area (Å²) in [5.41, 5.74) is 0. The maximum Gasteiger partial charge on any atom is 0.389 e. The van der Waals surface area contributed by atoms with Gasteiger partial charge in [0.05, 0.1) is 6.61 Å². The Kier molecular flexibility index (Phi) is 36.6. The first-order valence-electron chi connectivity index (χ1n) is 23.4. The van der Waals surface area contributed by atoms with Crippen molar-refractivity contribution in [2.24, 2.45) is 0 Å². The van der Waals surface area contributed by atoms with E-state index in [1.54, 1.807) is 0 Å². The molecular formula is C45H80F9NO5. The lowest BCUT2D eigenvalue weighted by molar-refractivity contribution is -0.150. The van der Waals surface area contributed by atoms with Gasteiger partial charge in [-0.2, -0.15) is 39.5 Å². The normalized spacial score (nSPS) is 13.0. The Hall–Kier alpha value is -1.77. The molecule has 0 saturated carbocycles. The summed E-state index contributed by atoms with van der Waals surface area (Å²) in [6, 6.07) is 0. The van der Waals surface area contributed by atoms with Crippen LogP contribution in [-0.2, 0) is 19.1 Å². The van der Waals surface area contributed by atoms with Gasteiger partial charge in [-0.1, -0.05) is 89.9 Å². The number of ether oxygens (including phenoxy) is 2. The number of rotatable bonds is 42. The molecule has 1 atom stereocenters. The van der Waals surface area contributed by atoms with Crippen molar-refractivity contribution in [1.82, 2.24) is 4.90 Å². The minimum absolute atomic E-state index is 0.0279. The van der Waals surface area contributed by atoms with E-state index < -0.39 is 43.9 Å². The number of unbranched alkanes of at least 4 members (excludes halogenated alkanes) is 21. The molecule has 15 heteroatoms. The number of esters is 2. The first-order chi connectivity index (χ1) is 28.5. The summed E-state index contributed by atoms with van der Waals surface area (Å²) in [6.45, 7) is 3.43. The number of aliphatic hydroxyl groups excluding tert-OH is 1. The maximum absolute atomic E-state index is 12.6. The monoisotopic (exact) mass is 886 g/mol. The van der Waals surface area contributed by atoms with Crippen molar-refractivity contribution in [2.75, 3.05) is 32.8 Å². The smallest absolute Gasteiger partial charge is 0.389 e. The molecule has 0 aliphatic heterocycles. The molecule has 0 aromatic rings. The largest absolute Gasteiger partial charge is 0.466 e. The molecule has 0 spiro atoms. The molecule has 358 valence electrons. The highest BCUT2D eigenvalue weighted by molar-refractivity contribution is 5.69. The van der Waals surface area contributed by atoms with Gasteiger partial charge in [-0.25, -0.2) is 0 Å². The highest BCUT2D eigenvalue weighted by Gasteiger charge is 2.27. The molecule has 0 saturated heterocycles. The van der Waals surface area contributed by atoms with E-state index in [0.29, 0.717) is 77.2 Å². The van der Waals surface area contributed by atoms with Crippen molar-refractivity contribution in [3.8, 4) is 0 Å². The molecule has 0 bridgehead atoms. The second-order valence-electron chi connectivity index (χ2n) is 16.6. The van der Waals surface area contributed by atoms with Crippen LogP contribution in [0.3, 0.4) is 0 Å². The summed E-state index contributed by atoms with van der Waals surface area (Å²) < 4.78 is 122. The zero-order chi connectivity index (χ0) is 44.8. The SMILES string of the molecule is O=C(CCCCCN(CCCCCO)CCCCCCCC(=O)OC(CCCCCCCC(F)(F)F)CCCCCC(F)(F)F)OCCCCCCCCCCC(F)(F)F. The predicted octanol–water partition coefficient (Wildman–Crippen LogP) is 14.7. The van der Waals surface area contributed by atoms with Crippen molar-refractivity contribution in [1.29, 1.82) is 0 Å². The zero-order valence-corrected chi connectivity index (χ0v) is 36.6. The van der Waals surface area contributed by atoms with E-state index in [4.69, 9.17) is 14.6 Å². The fraction of sp³-hybridized carbons (Fsp3) is 0.956. The fourth-order valence-corrected chi connectivity index (χ4v) is 7.23. The minimum Gasteiger partial charge on any atom is -0.466 e. The molecule has 0 aliphatic rings. The summed E-state index contributed by atoms with van der Waals surface area (Å²) >= 11 is 0. The van der Waals surface area contributed by atoms with Crippen molar-refractivity contribution in [3.05, 3.63) is 0 Å². The van der Waals surface area contributed by atoms with Crippen LogP contribution in [0.15, 0.2) is 0 Å². The van der Waals surface area contributed by atoms with Crippen molar-refractivity contribution < 1.29 is 63.7 Å². The van der Waals surface area contributed by atoms with Crippen LogP contribution in [0, 0.1) is 0 Å². The molecule has 0 radical (unpaired) electrons. The van der Waals surface area contributed by atoms with E-state index in [-0.39, 0.29) is 44.2 Å². The fourth-order valence-electron chi connectivity index (χ4n) is 7.23. The minimum atomic E-state index is -4.19. The number of nitrogens with zero attached hydrogens (tertiary/aromatic N) is 1. The van der Waals surface area contributed by atoms with Crippen LogP contribution in [0.5, 0.6) is 0 Å². The third-order valence-corrected chi connectivity index (χ3v) is 10.7. The first-order valence-corrected chi connectivity index (χ1v) is 23.4. The molecular weight excluding hydrogens is 805 g/mol. The molecule has 0 aromatic carbocycles. The van der Waals surface area contributed by atoms with Gasteiger partial charge in [0.1, 0.15) is 6.10 Å². The lowest BCUT2D eigenvalue weighted by Crippen LogP contribution is -2.27. The average Bonchev–Trinajstić information content (AvgIpc) is 3.15. The number of carbonyl (C=O) groups excluding carboxylic acids is 2. The molecule has 0 rings (SSSR count). The lowest BCUT2D eigenvalue weighted by Gasteiger charge is -2.22. The van der Waals surface area contributed by atoms with Gasteiger partial charge in [-0.05, 0) is 116 Å².